The van der Waals surface area contributed by atoms with Crippen LogP contribution >= 0.6 is 11.3 Å². The summed E-state index contributed by atoms with van der Waals surface area (Å²) in [5.41, 5.74) is 0.506. The molecular weight excluding hydrogens is 310 g/mol. The Morgan fingerprint density at radius 2 is 2.09 bits per heavy atom. The van der Waals surface area contributed by atoms with E-state index in [2.05, 4.69) is 32.3 Å². The fourth-order valence-electron chi connectivity index (χ4n) is 2.67. The van der Waals surface area contributed by atoms with Crippen LogP contribution in [0.2, 0.25) is 0 Å². The SMILES string of the molecule is CCOC(=O)c1ccc(N2CCN(Cc3cccs3)CC2)nc1. The van der Waals surface area contributed by atoms with Gasteiger partial charge >= 0.3 is 5.97 Å². The maximum absolute atomic E-state index is 11.6. The molecule has 1 saturated heterocycles. The second kappa shape index (κ2) is 7.57. The molecule has 5 nitrogen and oxygen atoms in total. The van der Waals surface area contributed by atoms with E-state index < -0.39 is 0 Å². The molecule has 1 aliphatic heterocycles. The molecule has 0 atom stereocenters. The van der Waals surface area contributed by atoms with Crippen molar-refractivity contribution in [3.8, 4) is 0 Å². The van der Waals surface area contributed by atoms with Gasteiger partial charge in [-0.25, -0.2) is 9.78 Å². The lowest BCUT2D eigenvalue weighted by atomic mass is 10.2. The number of hydrogen-bond acceptors (Lipinski definition) is 6. The monoisotopic (exact) mass is 331 g/mol. The van der Waals surface area contributed by atoms with Crippen LogP contribution in [0.25, 0.3) is 0 Å². The Balaban J connectivity index is 1.54. The molecule has 0 N–H and O–H groups in total. The van der Waals surface area contributed by atoms with Crippen LogP contribution in [0.15, 0.2) is 35.8 Å². The van der Waals surface area contributed by atoms with Crippen molar-refractivity contribution in [2.45, 2.75) is 13.5 Å². The van der Waals surface area contributed by atoms with Gasteiger partial charge in [-0.2, -0.15) is 0 Å². The highest BCUT2D eigenvalue weighted by Gasteiger charge is 2.18. The number of nitrogens with zero attached hydrogens (tertiary/aromatic N) is 3. The highest BCUT2D eigenvalue weighted by Crippen LogP contribution is 2.17. The molecule has 23 heavy (non-hydrogen) atoms. The molecule has 0 unspecified atom stereocenters. The Kier molecular flexibility index (Phi) is 5.25. The van der Waals surface area contributed by atoms with E-state index in [4.69, 9.17) is 4.74 Å². The molecule has 2 aromatic heterocycles. The minimum absolute atomic E-state index is 0.313. The zero-order valence-corrected chi connectivity index (χ0v) is 14.1. The number of piperazine rings is 1. The Hall–Kier alpha value is -1.92. The largest absolute Gasteiger partial charge is 0.462 e. The first kappa shape index (κ1) is 16.0. The first-order valence-electron chi connectivity index (χ1n) is 7.89. The van der Waals surface area contributed by atoms with Gasteiger partial charge in [0.25, 0.3) is 0 Å². The number of esters is 1. The third-order valence-electron chi connectivity index (χ3n) is 3.91. The highest BCUT2D eigenvalue weighted by molar-refractivity contribution is 7.09. The van der Waals surface area contributed by atoms with Crippen LogP contribution in [0.5, 0.6) is 0 Å². The van der Waals surface area contributed by atoms with Crippen LogP contribution in [0, 0.1) is 0 Å². The molecule has 0 spiro atoms. The topological polar surface area (TPSA) is 45.7 Å². The molecule has 0 saturated carbocycles. The van der Waals surface area contributed by atoms with Crippen LogP contribution in [0.4, 0.5) is 5.82 Å². The quantitative estimate of drug-likeness (QED) is 0.788. The summed E-state index contributed by atoms with van der Waals surface area (Å²) >= 11 is 1.81. The second-order valence-electron chi connectivity index (χ2n) is 5.47. The third-order valence-corrected chi connectivity index (χ3v) is 4.78. The van der Waals surface area contributed by atoms with E-state index in [1.165, 1.54) is 4.88 Å². The summed E-state index contributed by atoms with van der Waals surface area (Å²) < 4.78 is 4.98. The Morgan fingerprint density at radius 3 is 2.70 bits per heavy atom. The maximum atomic E-state index is 11.6. The van der Waals surface area contributed by atoms with Crippen molar-refractivity contribution < 1.29 is 9.53 Å². The summed E-state index contributed by atoms with van der Waals surface area (Å²) in [6, 6.07) is 7.98. The van der Waals surface area contributed by atoms with Gasteiger partial charge in [-0.15, -0.1) is 11.3 Å². The molecule has 0 aromatic carbocycles. The van der Waals surface area contributed by atoms with Gasteiger partial charge in [-0.05, 0) is 30.5 Å². The standard InChI is InChI=1S/C17H21N3O2S/c1-2-22-17(21)14-5-6-16(18-12-14)20-9-7-19(8-10-20)13-15-4-3-11-23-15/h3-6,11-12H,2,7-10,13H2,1H3. The van der Waals surface area contributed by atoms with E-state index in [-0.39, 0.29) is 5.97 Å². The van der Waals surface area contributed by atoms with Crippen molar-refractivity contribution >= 4 is 23.1 Å². The molecule has 0 bridgehead atoms. The van der Waals surface area contributed by atoms with Gasteiger partial charge in [-0.3, -0.25) is 4.90 Å². The summed E-state index contributed by atoms with van der Waals surface area (Å²) in [6.45, 7) is 7.18. The Bertz CT molecular complexity index is 620. The van der Waals surface area contributed by atoms with Gasteiger partial charge in [0.2, 0.25) is 0 Å². The molecule has 1 fully saturated rings. The van der Waals surface area contributed by atoms with Crippen LogP contribution < -0.4 is 4.90 Å². The number of rotatable bonds is 5. The second-order valence-corrected chi connectivity index (χ2v) is 6.50. The van der Waals surface area contributed by atoms with Crippen molar-refractivity contribution in [1.82, 2.24) is 9.88 Å². The first-order chi connectivity index (χ1) is 11.3. The number of carbonyl (C=O) groups is 1. The van der Waals surface area contributed by atoms with Crippen LogP contribution in [-0.4, -0.2) is 48.6 Å². The minimum Gasteiger partial charge on any atom is -0.462 e. The van der Waals surface area contributed by atoms with Gasteiger partial charge in [0, 0.05) is 43.8 Å². The van der Waals surface area contributed by atoms with Gasteiger partial charge in [0.05, 0.1) is 12.2 Å². The van der Waals surface area contributed by atoms with Gasteiger partial charge in [0.1, 0.15) is 5.82 Å². The predicted octanol–water partition coefficient (Wildman–Crippen LogP) is 2.64. The lowest BCUT2D eigenvalue weighted by molar-refractivity contribution is 0.0526. The van der Waals surface area contributed by atoms with Crippen molar-refractivity contribution in [2.75, 3.05) is 37.7 Å². The number of ether oxygens (including phenoxy) is 1. The number of pyridine rings is 1. The molecule has 0 radical (unpaired) electrons. The third kappa shape index (κ3) is 4.09. The molecule has 2 aromatic rings. The van der Waals surface area contributed by atoms with Gasteiger partial charge in [0.15, 0.2) is 0 Å². The Labute approximate surface area is 140 Å². The van der Waals surface area contributed by atoms with Crippen LogP contribution in [0.3, 0.4) is 0 Å². The van der Waals surface area contributed by atoms with Crippen LogP contribution in [0.1, 0.15) is 22.2 Å². The molecule has 6 heteroatoms. The molecule has 0 amide bonds. The lowest BCUT2D eigenvalue weighted by Gasteiger charge is -2.35. The lowest BCUT2D eigenvalue weighted by Crippen LogP contribution is -2.46. The van der Waals surface area contributed by atoms with Crippen molar-refractivity contribution in [2.24, 2.45) is 0 Å². The summed E-state index contributed by atoms with van der Waals surface area (Å²) in [6.07, 6.45) is 1.60. The van der Waals surface area contributed by atoms with E-state index in [9.17, 15) is 4.79 Å². The van der Waals surface area contributed by atoms with E-state index in [0.717, 1.165) is 38.5 Å². The molecular formula is C17H21N3O2S. The molecule has 1 aliphatic rings. The smallest absolute Gasteiger partial charge is 0.339 e. The number of carbonyl (C=O) groups excluding carboxylic acids is 1. The summed E-state index contributed by atoms with van der Waals surface area (Å²) in [7, 11) is 0. The van der Waals surface area contributed by atoms with Crippen molar-refractivity contribution in [1.29, 1.82) is 0 Å². The number of hydrogen-bond donors (Lipinski definition) is 0. The molecule has 3 rings (SSSR count). The normalized spacial score (nSPS) is 15.6. The van der Waals surface area contributed by atoms with E-state index in [1.54, 1.807) is 19.2 Å². The summed E-state index contributed by atoms with van der Waals surface area (Å²) in [5.74, 6) is 0.612. The predicted molar refractivity (Wildman–Crippen MR) is 92.0 cm³/mol. The fraction of sp³-hybridized carbons (Fsp3) is 0.412. The highest BCUT2D eigenvalue weighted by atomic mass is 32.1. The number of thiophene rings is 1. The van der Waals surface area contributed by atoms with Gasteiger partial charge < -0.3 is 9.64 Å². The molecule has 0 aliphatic carbocycles. The first-order valence-corrected chi connectivity index (χ1v) is 8.77. The van der Waals surface area contributed by atoms with Gasteiger partial charge in [-0.1, -0.05) is 6.07 Å². The Morgan fingerprint density at radius 1 is 1.26 bits per heavy atom. The maximum Gasteiger partial charge on any atom is 0.339 e. The number of aromatic nitrogens is 1. The average Bonchev–Trinajstić information content (AvgIpc) is 3.09. The zero-order chi connectivity index (χ0) is 16.1. The van der Waals surface area contributed by atoms with E-state index in [0.29, 0.717) is 12.2 Å². The van der Waals surface area contributed by atoms with E-state index in [1.807, 2.05) is 17.4 Å². The fourth-order valence-corrected chi connectivity index (χ4v) is 3.41. The molecule has 122 valence electrons. The van der Waals surface area contributed by atoms with Crippen LogP contribution in [-0.2, 0) is 11.3 Å². The summed E-state index contributed by atoms with van der Waals surface area (Å²) in [4.78, 5) is 22.2. The zero-order valence-electron chi connectivity index (χ0n) is 13.3. The van der Waals surface area contributed by atoms with Crippen molar-refractivity contribution in [3.05, 3.63) is 46.3 Å². The van der Waals surface area contributed by atoms with E-state index >= 15 is 0 Å². The van der Waals surface area contributed by atoms with Crippen molar-refractivity contribution in [3.63, 3.8) is 0 Å². The summed E-state index contributed by atoms with van der Waals surface area (Å²) in [5, 5.41) is 2.13. The number of anilines is 1. The average molecular weight is 331 g/mol. The minimum atomic E-state index is -0.313. The molecule has 3 heterocycles.